The average Bonchev–Trinajstić information content (AvgIpc) is 2.99. The zero-order valence-corrected chi connectivity index (χ0v) is 16.5. The molecule has 152 valence electrons. The molecule has 1 aliphatic heterocycles. The summed E-state index contributed by atoms with van der Waals surface area (Å²) in [6.07, 6.45) is 0.539. The monoisotopic (exact) mass is 391 g/mol. The predicted octanol–water partition coefficient (Wildman–Crippen LogP) is 2.61. The number of ether oxygens (including phenoxy) is 2. The van der Waals surface area contributed by atoms with Crippen molar-refractivity contribution in [3.8, 4) is 11.6 Å². The van der Waals surface area contributed by atoms with Crippen LogP contribution < -0.4 is 20.5 Å². The second kappa shape index (κ2) is 9.34. The van der Waals surface area contributed by atoms with E-state index in [1.165, 1.54) is 13.3 Å². The number of hydrogen-bond donors (Lipinski definition) is 2. The van der Waals surface area contributed by atoms with Crippen molar-refractivity contribution in [2.75, 3.05) is 13.7 Å². The Morgan fingerprint density at radius 1 is 1.36 bits per heavy atom. The molecular formula is C20H26FN3O4. The van der Waals surface area contributed by atoms with E-state index >= 15 is 0 Å². The van der Waals surface area contributed by atoms with E-state index in [-0.39, 0.29) is 12.2 Å². The molecule has 7 nitrogen and oxygen atoms in total. The summed E-state index contributed by atoms with van der Waals surface area (Å²) in [5, 5.41) is 3.95. The first-order valence-electron chi connectivity index (χ1n) is 9.30. The Morgan fingerprint density at radius 3 is 2.68 bits per heavy atom. The number of alkyl halides is 1. The first kappa shape index (κ1) is 21.4. The van der Waals surface area contributed by atoms with Gasteiger partial charge in [0.2, 0.25) is 5.88 Å². The molecule has 0 saturated carbocycles. The molecule has 3 rings (SSSR count). The summed E-state index contributed by atoms with van der Waals surface area (Å²) >= 11 is 0. The number of nitrogens with two attached hydrogens (primary N) is 1. The number of primary amides is 1. The maximum atomic E-state index is 13.9. The molecule has 1 saturated heterocycles. The third-order valence-electron chi connectivity index (χ3n) is 4.66. The van der Waals surface area contributed by atoms with E-state index in [1.54, 1.807) is 18.2 Å². The van der Waals surface area contributed by atoms with E-state index in [2.05, 4.69) is 10.3 Å². The van der Waals surface area contributed by atoms with Crippen molar-refractivity contribution < 1.29 is 23.5 Å². The lowest BCUT2D eigenvalue weighted by molar-refractivity contribution is -0.123. The Kier molecular flexibility index (Phi) is 7.14. The second-order valence-electron chi connectivity index (χ2n) is 6.15. The number of amides is 2. The van der Waals surface area contributed by atoms with Crippen LogP contribution in [0.3, 0.4) is 0 Å². The number of aromatic nitrogens is 1. The number of fused-ring (bicyclic) bond motifs is 1. The largest absolute Gasteiger partial charge is 0.496 e. The maximum Gasteiger partial charge on any atom is 0.255 e. The number of benzene rings is 1. The number of rotatable bonds is 6. The van der Waals surface area contributed by atoms with Crippen LogP contribution in [-0.4, -0.2) is 42.7 Å². The zero-order chi connectivity index (χ0) is 20.8. The fourth-order valence-electron chi connectivity index (χ4n) is 3.24. The third-order valence-corrected chi connectivity index (χ3v) is 4.66. The molecule has 1 aromatic carbocycles. The molecular weight excluding hydrogens is 365 g/mol. The van der Waals surface area contributed by atoms with E-state index in [0.29, 0.717) is 28.8 Å². The van der Waals surface area contributed by atoms with Gasteiger partial charge >= 0.3 is 0 Å². The fraction of sp³-hybridized carbons (Fsp3) is 0.450. The van der Waals surface area contributed by atoms with Crippen LogP contribution in [0.25, 0.3) is 10.8 Å². The summed E-state index contributed by atoms with van der Waals surface area (Å²) < 4.78 is 24.9. The second-order valence-corrected chi connectivity index (χ2v) is 6.15. The number of carbonyl (C=O) groups excluding carboxylic acids is 2. The summed E-state index contributed by atoms with van der Waals surface area (Å²) in [5.74, 6) is -1.02. The van der Waals surface area contributed by atoms with Crippen LogP contribution in [-0.2, 0) is 4.79 Å². The molecule has 2 heterocycles. The lowest BCUT2D eigenvalue weighted by Crippen LogP contribution is -2.34. The first-order valence-corrected chi connectivity index (χ1v) is 9.30. The zero-order valence-electron chi connectivity index (χ0n) is 16.5. The van der Waals surface area contributed by atoms with Gasteiger partial charge in [-0.2, -0.15) is 0 Å². The van der Waals surface area contributed by atoms with Crippen LogP contribution >= 0.6 is 0 Å². The highest BCUT2D eigenvalue weighted by Gasteiger charge is 2.41. The number of halogens is 1. The van der Waals surface area contributed by atoms with E-state index in [4.69, 9.17) is 15.2 Å². The van der Waals surface area contributed by atoms with Crippen molar-refractivity contribution in [3.63, 3.8) is 0 Å². The van der Waals surface area contributed by atoms with Crippen LogP contribution in [0.2, 0.25) is 0 Å². The van der Waals surface area contributed by atoms with Gasteiger partial charge in [0.15, 0.2) is 6.17 Å². The Morgan fingerprint density at radius 2 is 2.07 bits per heavy atom. The van der Waals surface area contributed by atoms with Gasteiger partial charge in [0.1, 0.15) is 12.4 Å². The highest BCUT2D eigenvalue weighted by molar-refractivity contribution is 6.01. The molecule has 2 amide bonds. The Labute approximate surface area is 163 Å². The number of nitrogens with zero attached hydrogens (tertiary/aromatic N) is 1. The summed E-state index contributed by atoms with van der Waals surface area (Å²) in [5.41, 5.74) is 5.63. The number of nitrogens with one attached hydrogen (secondary N) is 1. The van der Waals surface area contributed by atoms with Crippen molar-refractivity contribution in [2.24, 2.45) is 11.7 Å². The minimum atomic E-state index is -1.52. The SMILES string of the molecule is CC.CC[C@@H]1[C@H](F)C(=O)N[C@@H]1COc1nccc2cc(C(N)=O)c(OC)cc12. The molecule has 8 heteroatoms. The first-order chi connectivity index (χ1) is 13.5. The van der Waals surface area contributed by atoms with Gasteiger partial charge in [0.05, 0.1) is 18.7 Å². The van der Waals surface area contributed by atoms with Crippen molar-refractivity contribution in [1.82, 2.24) is 10.3 Å². The molecule has 1 aromatic heterocycles. The highest BCUT2D eigenvalue weighted by atomic mass is 19.1. The molecule has 1 aliphatic rings. The molecule has 2 aromatic rings. The Bertz CT molecular complexity index is 859. The minimum Gasteiger partial charge on any atom is -0.496 e. The highest BCUT2D eigenvalue weighted by Crippen LogP contribution is 2.31. The van der Waals surface area contributed by atoms with Gasteiger partial charge in [0.25, 0.3) is 11.8 Å². The Hall–Kier alpha value is -2.90. The average molecular weight is 391 g/mol. The molecule has 0 unspecified atom stereocenters. The van der Waals surface area contributed by atoms with Crippen LogP contribution in [0.1, 0.15) is 37.6 Å². The summed E-state index contributed by atoms with van der Waals surface area (Å²) in [6, 6.07) is 4.53. The topological polar surface area (TPSA) is 104 Å². The Balaban J connectivity index is 0.00000136. The quantitative estimate of drug-likeness (QED) is 0.788. The number of carbonyl (C=O) groups is 2. The van der Waals surface area contributed by atoms with Crippen LogP contribution in [0, 0.1) is 5.92 Å². The minimum absolute atomic E-state index is 0.0939. The van der Waals surface area contributed by atoms with E-state index < -0.39 is 29.9 Å². The molecule has 28 heavy (non-hydrogen) atoms. The fourth-order valence-corrected chi connectivity index (χ4v) is 3.24. The molecule has 1 fully saturated rings. The van der Waals surface area contributed by atoms with E-state index in [9.17, 15) is 14.0 Å². The van der Waals surface area contributed by atoms with Crippen molar-refractivity contribution in [1.29, 1.82) is 0 Å². The molecule has 3 atom stereocenters. The van der Waals surface area contributed by atoms with Gasteiger partial charge < -0.3 is 20.5 Å². The van der Waals surface area contributed by atoms with Crippen LogP contribution in [0.4, 0.5) is 4.39 Å². The standard InChI is InChI=1S/C18H20FN3O4.C2H6/c1-3-10-13(22-17(24)15(10)19)8-26-18-11-7-14(25-2)12(16(20)23)6-9(11)4-5-21-18;1-2/h4-7,10,13,15H,3,8H2,1-2H3,(H2,20,23)(H,22,24);1-2H3/t10-,13+,15-;/m0./s1. The third kappa shape index (κ3) is 4.16. The normalized spacial score (nSPS) is 20.9. The molecule has 0 aliphatic carbocycles. The van der Waals surface area contributed by atoms with Gasteiger partial charge in [-0.3, -0.25) is 9.59 Å². The molecule has 0 bridgehead atoms. The summed E-state index contributed by atoms with van der Waals surface area (Å²) in [7, 11) is 1.44. The van der Waals surface area contributed by atoms with Crippen LogP contribution in [0.15, 0.2) is 24.4 Å². The van der Waals surface area contributed by atoms with Crippen molar-refractivity contribution >= 4 is 22.6 Å². The maximum absolute atomic E-state index is 13.9. The van der Waals surface area contributed by atoms with E-state index in [1.807, 2.05) is 20.8 Å². The van der Waals surface area contributed by atoms with Gasteiger partial charge in [-0.25, -0.2) is 9.37 Å². The summed E-state index contributed by atoms with van der Waals surface area (Å²) in [4.78, 5) is 27.3. The van der Waals surface area contributed by atoms with E-state index in [0.717, 1.165) is 0 Å². The lowest BCUT2D eigenvalue weighted by atomic mass is 9.97. The predicted molar refractivity (Wildman–Crippen MR) is 104 cm³/mol. The molecule has 0 spiro atoms. The van der Waals surface area contributed by atoms with Crippen molar-refractivity contribution in [2.45, 2.75) is 39.4 Å². The molecule has 0 radical (unpaired) electrons. The summed E-state index contributed by atoms with van der Waals surface area (Å²) in [6.45, 7) is 5.92. The smallest absolute Gasteiger partial charge is 0.255 e. The van der Waals surface area contributed by atoms with Gasteiger partial charge in [-0.05, 0) is 30.0 Å². The number of hydrogen-bond acceptors (Lipinski definition) is 5. The van der Waals surface area contributed by atoms with Gasteiger partial charge in [-0.1, -0.05) is 20.8 Å². The van der Waals surface area contributed by atoms with Gasteiger partial charge in [0, 0.05) is 17.5 Å². The van der Waals surface area contributed by atoms with Crippen LogP contribution in [0.5, 0.6) is 11.6 Å². The van der Waals surface area contributed by atoms with Crippen molar-refractivity contribution in [3.05, 3.63) is 30.0 Å². The number of methoxy groups -OCH3 is 1. The lowest BCUT2D eigenvalue weighted by Gasteiger charge is -2.19. The number of pyridine rings is 1. The van der Waals surface area contributed by atoms with Gasteiger partial charge in [-0.15, -0.1) is 0 Å². The molecule has 3 N–H and O–H groups in total.